The molecule has 1 N–H and O–H groups in total. The fraction of sp³-hybridized carbons (Fsp3) is 0.522. The van der Waals surface area contributed by atoms with Crippen LogP contribution in [-0.4, -0.2) is 44.1 Å². The van der Waals surface area contributed by atoms with E-state index >= 15 is 0 Å². The van der Waals surface area contributed by atoms with Crippen molar-refractivity contribution in [2.75, 3.05) is 13.1 Å². The summed E-state index contributed by atoms with van der Waals surface area (Å²) in [5.41, 5.74) is 0.892. The van der Waals surface area contributed by atoms with Crippen molar-refractivity contribution in [2.24, 2.45) is 5.92 Å². The second-order valence-corrected chi connectivity index (χ2v) is 9.15. The Morgan fingerprint density at radius 3 is 2.70 bits per heavy atom. The molecule has 1 aliphatic heterocycles. The number of ether oxygens (including phenoxy) is 1. The molecular formula is C23H26F3N5O2. The molecule has 176 valence electrons. The maximum Gasteiger partial charge on any atom is 0.573 e. The number of rotatable bonds is 5. The lowest BCUT2D eigenvalue weighted by atomic mass is 9.97. The molecule has 0 radical (unpaired) electrons. The zero-order valence-corrected chi connectivity index (χ0v) is 18.3. The minimum absolute atomic E-state index is 0.0373. The first kappa shape index (κ1) is 21.9. The molecule has 0 unspecified atom stereocenters. The summed E-state index contributed by atoms with van der Waals surface area (Å²) in [6.45, 7) is 3.64. The number of alkyl halides is 3. The summed E-state index contributed by atoms with van der Waals surface area (Å²) in [6, 6.07) is 6.47. The summed E-state index contributed by atoms with van der Waals surface area (Å²) in [4.78, 5) is 22.6. The zero-order valence-electron chi connectivity index (χ0n) is 18.3. The lowest BCUT2D eigenvalue weighted by molar-refractivity contribution is -0.275. The third-order valence-corrected chi connectivity index (χ3v) is 6.78. The number of aromatic nitrogens is 4. The molecule has 1 saturated carbocycles. The maximum atomic E-state index is 12.8. The SMILES string of the molecule is C[C@@H]1CN(Cc2ccccc2OC(F)(F)F)C[C@H]1c1nc2c(cnn2C2CCCC2)c(=O)[nH]1. The van der Waals surface area contributed by atoms with Gasteiger partial charge in [0.25, 0.3) is 5.56 Å². The van der Waals surface area contributed by atoms with Gasteiger partial charge in [0, 0.05) is 31.1 Å². The zero-order chi connectivity index (χ0) is 23.2. The lowest BCUT2D eigenvalue weighted by Crippen LogP contribution is -2.23. The molecule has 5 rings (SSSR count). The average molecular weight is 461 g/mol. The predicted octanol–water partition coefficient (Wildman–Crippen LogP) is 4.37. The standard InChI is InChI=1S/C23H26F3N5O2/c1-14-11-30(12-15-6-2-5-9-19(15)33-23(24,25)26)13-18(14)20-28-21-17(22(32)29-20)10-27-31(21)16-7-3-4-8-16/h2,5-6,9-10,14,16,18H,3-4,7-8,11-13H2,1H3,(H,28,29,32)/t14-,18-/m1/s1. The van der Waals surface area contributed by atoms with E-state index in [4.69, 9.17) is 4.98 Å². The Kier molecular flexibility index (Phi) is 5.64. The molecule has 2 atom stereocenters. The summed E-state index contributed by atoms with van der Waals surface area (Å²) in [6.07, 6.45) is 1.22. The normalized spacial score (nSPS) is 22.4. The van der Waals surface area contributed by atoms with E-state index in [1.54, 1.807) is 18.3 Å². The Balaban J connectivity index is 1.39. The minimum atomic E-state index is -4.74. The lowest BCUT2D eigenvalue weighted by Gasteiger charge is -2.19. The van der Waals surface area contributed by atoms with Crippen LogP contribution in [-0.2, 0) is 6.54 Å². The van der Waals surface area contributed by atoms with Crippen LogP contribution >= 0.6 is 0 Å². The molecule has 2 fully saturated rings. The number of likely N-dealkylation sites (tertiary alicyclic amines) is 1. The molecule has 33 heavy (non-hydrogen) atoms. The van der Waals surface area contributed by atoms with Crippen molar-refractivity contribution in [1.82, 2.24) is 24.6 Å². The smallest absolute Gasteiger partial charge is 0.405 e. The minimum Gasteiger partial charge on any atom is -0.405 e. The van der Waals surface area contributed by atoms with Gasteiger partial charge >= 0.3 is 6.36 Å². The van der Waals surface area contributed by atoms with Crippen molar-refractivity contribution in [3.05, 3.63) is 52.2 Å². The van der Waals surface area contributed by atoms with Gasteiger partial charge in [-0.25, -0.2) is 9.67 Å². The van der Waals surface area contributed by atoms with E-state index in [0.29, 0.717) is 42.1 Å². The van der Waals surface area contributed by atoms with Crippen LogP contribution in [0.25, 0.3) is 11.0 Å². The highest BCUT2D eigenvalue weighted by Gasteiger charge is 2.35. The highest BCUT2D eigenvalue weighted by Crippen LogP contribution is 2.35. The molecule has 7 nitrogen and oxygen atoms in total. The van der Waals surface area contributed by atoms with Crippen molar-refractivity contribution < 1.29 is 17.9 Å². The van der Waals surface area contributed by atoms with Crippen LogP contribution in [0.3, 0.4) is 0 Å². The Morgan fingerprint density at radius 1 is 1.18 bits per heavy atom. The summed E-state index contributed by atoms with van der Waals surface area (Å²) >= 11 is 0. The highest BCUT2D eigenvalue weighted by molar-refractivity contribution is 5.73. The largest absolute Gasteiger partial charge is 0.573 e. The Labute approximate surface area is 188 Å². The highest BCUT2D eigenvalue weighted by atomic mass is 19.4. The molecule has 1 aliphatic carbocycles. The van der Waals surface area contributed by atoms with E-state index in [1.807, 2.05) is 4.68 Å². The quantitative estimate of drug-likeness (QED) is 0.611. The van der Waals surface area contributed by atoms with E-state index in [2.05, 4.69) is 26.6 Å². The van der Waals surface area contributed by atoms with Gasteiger partial charge in [0.15, 0.2) is 5.65 Å². The summed E-state index contributed by atoms with van der Waals surface area (Å²) in [5.74, 6) is 0.561. The molecule has 3 heterocycles. The summed E-state index contributed by atoms with van der Waals surface area (Å²) in [5, 5.41) is 4.94. The second-order valence-electron chi connectivity index (χ2n) is 9.15. The van der Waals surface area contributed by atoms with Crippen LogP contribution in [0, 0.1) is 5.92 Å². The average Bonchev–Trinajstić information content (AvgIpc) is 3.48. The van der Waals surface area contributed by atoms with Crippen molar-refractivity contribution in [3.8, 4) is 5.75 Å². The second kappa shape index (κ2) is 8.48. The molecule has 2 aromatic heterocycles. The van der Waals surface area contributed by atoms with Crippen molar-refractivity contribution >= 4 is 11.0 Å². The van der Waals surface area contributed by atoms with Gasteiger partial charge in [0.1, 0.15) is 17.0 Å². The molecule has 0 spiro atoms. The predicted molar refractivity (Wildman–Crippen MR) is 116 cm³/mol. The molecule has 1 aromatic carbocycles. The summed E-state index contributed by atoms with van der Waals surface area (Å²) < 4.78 is 44.4. The van der Waals surface area contributed by atoms with Gasteiger partial charge in [-0.05, 0) is 24.8 Å². The monoisotopic (exact) mass is 461 g/mol. The number of nitrogens with zero attached hydrogens (tertiary/aromatic N) is 4. The van der Waals surface area contributed by atoms with Gasteiger partial charge in [-0.15, -0.1) is 13.2 Å². The number of para-hydroxylation sites is 1. The van der Waals surface area contributed by atoms with Crippen molar-refractivity contribution in [2.45, 2.75) is 57.5 Å². The van der Waals surface area contributed by atoms with Crippen LogP contribution in [0.2, 0.25) is 0 Å². The third kappa shape index (κ3) is 4.48. The Hall–Kier alpha value is -2.88. The Bertz CT molecular complexity index is 1200. The first-order valence-electron chi connectivity index (χ1n) is 11.3. The maximum absolute atomic E-state index is 12.8. The van der Waals surface area contributed by atoms with Gasteiger partial charge in [0.2, 0.25) is 0 Å². The number of hydrogen-bond acceptors (Lipinski definition) is 5. The van der Waals surface area contributed by atoms with Crippen LogP contribution in [0.5, 0.6) is 5.75 Å². The number of H-pyrrole nitrogens is 1. The molecule has 2 aliphatic rings. The first-order valence-corrected chi connectivity index (χ1v) is 11.3. The molecule has 1 saturated heterocycles. The van der Waals surface area contributed by atoms with E-state index < -0.39 is 6.36 Å². The van der Waals surface area contributed by atoms with Gasteiger partial charge in [0.05, 0.1) is 12.2 Å². The number of benzene rings is 1. The molecule has 3 aromatic rings. The number of halogens is 3. The molecular weight excluding hydrogens is 435 g/mol. The first-order chi connectivity index (χ1) is 15.8. The van der Waals surface area contributed by atoms with Gasteiger partial charge in [-0.3, -0.25) is 9.69 Å². The van der Waals surface area contributed by atoms with Gasteiger partial charge < -0.3 is 9.72 Å². The Morgan fingerprint density at radius 2 is 1.94 bits per heavy atom. The molecule has 0 bridgehead atoms. The van der Waals surface area contributed by atoms with Gasteiger partial charge in [-0.2, -0.15) is 5.10 Å². The number of aromatic amines is 1. The fourth-order valence-corrected chi connectivity index (χ4v) is 5.20. The third-order valence-electron chi connectivity index (χ3n) is 6.78. The molecule has 10 heteroatoms. The topological polar surface area (TPSA) is 76.0 Å². The van der Waals surface area contributed by atoms with E-state index in [9.17, 15) is 18.0 Å². The van der Waals surface area contributed by atoms with Gasteiger partial charge in [-0.1, -0.05) is 38.0 Å². The van der Waals surface area contributed by atoms with Crippen molar-refractivity contribution in [1.29, 1.82) is 0 Å². The van der Waals surface area contributed by atoms with E-state index in [-0.39, 0.29) is 29.2 Å². The van der Waals surface area contributed by atoms with Crippen LogP contribution < -0.4 is 10.3 Å². The fourth-order valence-electron chi connectivity index (χ4n) is 5.20. The van der Waals surface area contributed by atoms with E-state index in [0.717, 1.165) is 25.7 Å². The molecule has 0 amide bonds. The van der Waals surface area contributed by atoms with Crippen molar-refractivity contribution in [3.63, 3.8) is 0 Å². The van der Waals surface area contributed by atoms with Crippen LogP contribution in [0.15, 0.2) is 35.3 Å². The number of fused-ring (bicyclic) bond motifs is 1. The summed E-state index contributed by atoms with van der Waals surface area (Å²) in [7, 11) is 0. The number of hydrogen-bond donors (Lipinski definition) is 1. The number of nitrogens with one attached hydrogen (secondary N) is 1. The van der Waals surface area contributed by atoms with Crippen LogP contribution in [0.4, 0.5) is 13.2 Å². The van der Waals surface area contributed by atoms with E-state index in [1.165, 1.54) is 12.1 Å². The van der Waals surface area contributed by atoms with Crippen LogP contribution in [0.1, 0.15) is 56.0 Å².